The molecule has 0 spiro atoms. The minimum absolute atomic E-state index is 0.561. The second kappa shape index (κ2) is 4.65. The van der Waals surface area contributed by atoms with Gasteiger partial charge in [0, 0.05) is 30.6 Å². The van der Waals surface area contributed by atoms with Gasteiger partial charge in [-0.25, -0.2) is 4.98 Å². The quantitative estimate of drug-likeness (QED) is 0.826. The zero-order chi connectivity index (χ0) is 11.4. The van der Waals surface area contributed by atoms with Gasteiger partial charge in [0.2, 0.25) is 5.88 Å². The van der Waals surface area contributed by atoms with Crippen molar-refractivity contribution in [3.63, 3.8) is 0 Å². The maximum Gasteiger partial charge on any atom is 0.238 e. The predicted molar refractivity (Wildman–Crippen MR) is 61.8 cm³/mol. The molecule has 0 amide bonds. The number of anilines is 1. The number of ether oxygens (including phenoxy) is 1. The van der Waals surface area contributed by atoms with Crippen LogP contribution in [-0.2, 0) is 0 Å². The molecule has 2 rings (SSSR count). The highest BCUT2D eigenvalue weighted by Crippen LogP contribution is 2.21. The molecule has 2 heterocycles. The number of rotatable bonds is 4. The van der Waals surface area contributed by atoms with Gasteiger partial charge in [0.05, 0.1) is 0 Å². The minimum atomic E-state index is 0.561. The van der Waals surface area contributed by atoms with Crippen LogP contribution >= 0.6 is 0 Å². The molecule has 84 valence electrons. The highest BCUT2D eigenvalue weighted by Gasteiger charge is 2.02. The molecule has 0 aromatic carbocycles. The van der Waals surface area contributed by atoms with Crippen LogP contribution in [0.4, 0.5) is 5.82 Å². The van der Waals surface area contributed by atoms with Crippen molar-refractivity contribution < 1.29 is 4.74 Å². The van der Waals surface area contributed by atoms with Gasteiger partial charge in [0.25, 0.3) is 0 Å². The van der Waals surface area contributed by atoms with Crippen LogP contribution in [0.15, 0.2) is 24.4 Å². The molecule has 5 heteroatoms. The van der Waals surface area contributed by atoms with Gasteiger partial charge in [-0.3, -0.25) is 5.10 Å². The topological polar surface area (TPSA) is 62.8 Å². The van der Waals surface area contributed by atoms with Gasteiger partial charge in [-0.1, -0.05) is 0 Å². The number of nitrogens with zero attached hydrogens (tertiary/aromatic N) is 2. The van der Waals surface area contributed by atoms with E-state index in [1.165, 1.54) is 0 Å². The summed E-state index contributed by atoms with van der Waals surface area (Å²) in [5.41, 5.74) is 0.968. The Bertz CT molecular complexity index is 467. The van der Waals surface area contributed by atoms with E-state index in [-0.39, 0.29) is 0 Å². The molecule has 0 atom stereocenters. The fraction of sp³-hybridized carbons (Fsp3) is 0.273. The van der Waals surface area contributed by atoms with E-state index in [2.05, 4.69) is 20.5 Å². The number of hydrogen-bond acceptors (Lipinski definition) is 4. The number of nitrogens with one attached hydrogen (secondary N) is 2. The smallest absolute Gasteiger partial charge is 0.238 e. The van der Waals surface area contributed by atoms with Gasteiger partial charge in [-0.15, -0.1) is 5.10 Å². The summed E-state index contributed by atoms with van der Waals surface area (Å²) in [6.45, 7) is 4.78. The lowest BCUT2D eigenvalue weighted by Gasteiger charge is -2.04. The highest BCUT2D eigenvalue weighted by atomic mass is 16.5. The Balaban J connectivity index is 2.12. The third-order valence-electron chi connectivity index (χ3n) is 1.99. The lowest BCUT2D eigenvalue weighted by atomic mass is 10.4. The first-order valence-electron chi connectivity index (χ1n) is 5.17. The Morgan fingerprint density at radius 1 is 1.44 bits per heavy atom. The Kier molecular flexibility index (Phi) is 3.05. The average Bonchev–Trinajstić information content (AvgIpc) is 2.65. The molecular formula is C11H14N4O. The molecule has 0 radical (unpaired) electrons. The van der Waals surface area contributed by atoms with Gasteiger partial charge < -0.3 is 10.1 Å². The summed E-state index contributed by atoms with van der Waals surface area (Å²) in [6, 6.07) is 5.48. The van der Waals surface area contributed by atoms with Crippen LogP contribution < -0.4 is 10.1 Å². The van der Waals surface area contributed by atoms with Crippen molar-refractivity contribution in [1.29, 1.82) is 0 Å². The summed E-state index contributed by atoms with van der Waals surface area (Å²) in [4.78, 5) is 4.16. The van der Waals surface area contributed by atoms with Crippen molar-refractivity contribution in [3.8, 4) is 11.6 Å². The summed E-state index contributed by atoms with van der Waals surface area (Å²) in [7, 11) is 0. The van der Waals surface area contributed by atoms with Crippen LogP contribution in [0.1, 0.15) is 12.6 Å². The average molecular weight is 218 g/mol. The molecule has 16 heavy (non-hydrogen) atoms. The van der Waals surface area contributed by atoms with E-state index in [4.69, 9.17) is 4.74 Å². The van der Waals surface area contributed by atoms with Crippen molar-refractivity contribution >= 4 is 5.82 Å². The van der Waals surface area contributed by atoms with E-state index < -0.39 is 0 Å². The number of pyridine rings is 1. The number of H-pyrrole nitrogens is 1. The summed E-state index contributed by atoms with van der Waals surface area (Å²) in [6.07, 6.45) is 1.70. The van der Waals surface area contributed by atoms with E-state index in [9.17, 15) is 0 Å². The summed E-state index contributed by atoms with van der Waals surface area (Å²) in [5, 5.41) is 9.94. The minimum Gasteiger partial charge on any atom is -0.437 e. The van der Waals surface area contributed by atoms with Crippen LogP contribution in [0.3, 0.4) is 0 Å². The van der Waals surface area contributed by atoms with Crippen LogP contribution in [0.5, 0.6) is 11.6 Å². The number of aromatic amines is 1. The molecule has 0 saturated heterocycles. The number of aromatic nitrogens is 3. The van der Waals surface area contributed by atoms with Crippen molar-refractivity contribution in [3.05, 3.63) is 30.1 Å². The second-order valence-corrected chi connectivity index (χ2v) is 3.40. The molecule has 0 aliphatic rings. The molecule has 2 aromatic heterocycles. The predicted octanol–water partition coefficient (Wildman–Crippen LogP) is 2.34. The van der Waals surface area contributed by atoms with E-state index in [0.29, 0.717) is 5.88 Å². The summed E-state index contributed by atoms with van der Waals surface area (Å²) < 4.78 is 5.56. The van der Waals surface area contributed by atoms with Gasteiger partial charge in [0.1, 0.15) is 11.6 Å². The van der Waals surface area contributed by atoms with Gasteiger partial charge in [-0.05, 0) is 19.9 Å². The lowest BCUT2D eigenvalue weighted by molar-refractivity contribution is 0.461. The lowest BCUT2D eigenvalue weighted by Crippen LogP contribution is -1.98. The Morgan fingerprint density at radius 2 is 2.31 bits per heavy atom. The molecule has 5 nitrogen and oxygen atoms in total. The Labute approximate surface area is 93.9 Å². The van der Waals surface area contributed by atoms with Crippen molar-refractivity contribution in [2.45, 2.75) is 13.8 Å². The SMILES string of the molecule is CCNc1cc(Oc2cc(C)[nH]n2)ccn1. The molecule has 0 saturated carbocycles. The molecular weight excluding hydrogens is 204 g/mol. The van der Waals surface area contributed by atoms with Crippen LogP contribution in [-0.4, -0.2) is 21.7 Å². The first kappa shape index (κ1) is 10.5. The standard InChI is InChI=1S/C11H14N4O/c1-3-12-10-7-9(4-5-13-10)16-11-6-8(2)14-15-11/h4-7H,3H2,1-2H3,(H,12,13)(H,14,15). The first-order chi connectivity index (χ1) is 7.78. The normalized spacial score (nSPS) is 10.1. The van der Waals surface area contributed by atoms with E-state index in [1.54, 1.807) is 12.3 Å². The van der Waals surface area contributed by atoms with Crippen LogP contribution in [0.25, 0.3) is 0 Å². The van der Waals surface area contributed by atoms with Gasteiger partial charge in [0.15, 0.2) is 0 Å². The molecule has 0 unspecified atom stereocenters. The van der Waals surface area contributed by atoms with Gasteiger partial charge in [-0.2, -0.15) is 0 Å². The van der Waals surface area contributed by atoms with Crippen LogP contribution in [0.2, 0.25) is 0 Å². The van der Waals surface area contributed by atoms with Crippen molar-refractivity contribution in [1.82, 2.24) is 15.2 Å². The van der Waals surface area contributed by atoms with Crippen LogP contribution in [0, 0.1) is 6.92 Å². The van der Waals surface area contributed by atoms with Crippen molar-refractivity contribution in [2.75, 3.05) is 11.9 Å². The zero-order valence-electron chi connectivity index (χ0n) is 9.32. The second-order valence-electron chi connectivity index (χ2n) is 3.40. The highest BCUT2D eigenvalue weighted by molar-refractivity contribution is 5.41. The van der Waals surface area contributed by atoms with E-state index in [0.717, 1.165) is 23.8 Å². The van der Waals surface area contributed by atoms with E-state index >= 15 is 0 Å². The molecule has 2 N–H and O–H groups in total. The van der Waals surface area contributed by atoms with Gasteiger partial charge >= 0.3 is 0 Å². The fourth-order valence-electron chi connectivity index (χ4n) is 1.32. The summed E-state index contributed by atoms with van der Waals surface area (Å²) >= 11 is 0. The molecule has 0 bridgehead atoms. The molecule has 0 aliphatic carbocycles. The van der Waals surface area contributed by atoms with E-state index in [1.807, 2.05) is 26.0 Å². The molecule has 2 aromatic rings. The van der Waals surface area contributed by atoms with Crippen molar-refractivity contribution in [2.24, 2.45) is 0 Å². The Morgan fingerprint density at radius 3 is 3.00 bits per heavy atom. The number of hydrogen-bond donors (Lipinski definition) is 2. The summed E-state index contributed by atoms with van der Waals surface area (Å²) in [5.74, 6) is 2.08. The monoisotopic (exact) mass is 218 g/mol. The number of aryl methyl sites for hydroxylation is 1. The fourth-order valence-corrected chi connectivity index (χ4v) is 1.32. The largest absolute Gasteiger partial charge is 0.437 e. The maximum atomic E-state index is 5.56. The maximum absolute atomic E-state index is 5.56. The Hall–Kier alpha value is -2.04. The zero-order valence-corrected chi connectivity index (χ0v) is 9.32. The third-order valence-corrected chi connectivity index (χ3v) is 1.99. The third kappa shape index (κ3) is 2.50. The molecule has 0 fully saturated rings. The molecule has 0 aliphatic heterocycles. The first-order valence-corrected chi connectivity index (χ1v) is 5.17.